The van der Waals surface area contributed by atoms with Crippen LogP contribution in [0.2, 0.25) is 0 Å². The number of hydrogen-bond donors (Lipinski definition) is 0. The van der Waals surface area contributed by atoms with Gasteiger partial charge in [-0.25, -0.2) is 0 Å². The van der Waals surface area contributed by atoms with E-state index in [9.17, 15) is 0 Å². The van der Waals surface area contributed by atoms with Gasteiger partial charge in [-0.3, -0.25) is 0 Å². The van der Waals surface area contributed by atoms with E-state index >= 15 is 0 Å². The van der Waals surface area contributed by atoms with Gasteiger partial charge in [0.25, 0.3) is 0 Å². The third-order valence-corrected chi connectivity index (χ3v) is 1.55. The summed E-state index contributed by atoms with van der Waals surface area (Å²) in [5.41, 5.74) is 0. The molecule has 19 heavy (non-hydrogen) atoms. The number of fused-ring (bicyclic) bond motifs is 1. The molecule has 0 fully saturated rings. The molecular formula is C18H28Ti. The third kappa shape index (κ3) is 15.5. The van der Waals surface area contributed by atoms with E-state index in [2.05, 4.69) is 63.2 Å². The summed E-state index contributed by atoms with van der Waals surface area (Å²) in [4.78, 5) is 0. The molecule has 0 bridgehead atoms. The number of hydrogen-bond acceptors (Lipinski definition) is 0. The Morgan fingerprint density at radius 2 is 1.26 bits per heavy atom. The Hall–Kier alpha value is -0.456. The van der Waals surface area contributed by atoms with Crippen LogP contribution in [0.5, 0.6) is 0 Å². The first-order valence-electron chi connectivity index (χ1n) is 6.69. The van der Waals surface area contributed by atoms with E-state index in [1.807, 2.05) is 20.8 Å². The zero-order valence-electron chi connectivity index (χ0n) is 12.8. The van der Waals surface area contributed by atoms with Crippen LogP contribution in [0.3, 0.4) is 0 Å². The fourth-order valence-corrected chi connectivity index (χ4v) is 1.07. The second kappa shape index (κ2) is 19.9. The Bertz CT molecular complexity index is 314. The molecule has 0 radical (unpaired) electrons. The number of rotatable bonds is 0. The molecule has 0 aliphatic carbocycles. The van der Waals surface area contributed by atoms with Gasteiger partial charge in [-0.1, -0.05) is 26.8 Å². The average molecular weight is 292 g/mol. The molecule has 0 spiro atoms. The van der Waals surface area contributed by atoms with Crippen molar-refractivity contribution in [1.29, 1.82) is 0 Å². The zero-order chi connectivity index (χ0) is 14.2. The van der Waals surface area contributed by atoms with E-state index in [-0.39, 0.29) is 21.7 Å². The van der Waals surface area contributed by atoms with Gasteiger partial charge in [0.2, 0.25) is 0 Å². The van der Waals surface area contributed by atoms with Crippen molar-refractivity contribution < 1.29 is 21.7 Å². The SMILES string of the molecule is [CH2-]CC.[CH2-]CC.[CH2-]CC.[Ti+4].c1ccc2[cH-]ccc2c1. The zero-order valence-corrected chi connectivity index (χ0v) is 14.3. The monoisotopic (exact) mass is 292 g/mol. The van der Waals surface area contributed by atoms with E-state index in [1.54, 1.807) is 0 Å². The van der Waals surface area contributed by atoms with Crippen LogP contribution in [-0.2, 0) is 21.7 Å². The minimum atomic E-state index is 0. The molecule has 0 heterocycles. The fourth-order valence-electron chi connectivity index (χ4n) is 1.07. The van der Waals surface area contributed by atoms with Gasteiger partial charge in [0, 0.05) is 0 Å². The van der Waals surface area contributed by atoms with Crippen molar-refractivity contribution in [3.63, 3.8) is 0 Å². The summed E-state index contributed by atoms with van der Waals surface area (Å²) in [7, 11) is 0. The molecule has 104 valence electrons. The van der Waals surface area contributed by atoms with Gasteiger partial charge < -0.3 is 20.8 Å². The fraction of sp³-hybridized carbons (Fsp3) is 0.333. The van der Waals surface area contributed by atoms with Crippen LogP contribution in [0.25, 0.3) is 10.8 Å². The second-order valence-electron chi connectivity index (χ2n) is 3.65. The van der Waals surface area contributed by atoms with Gasteiger partial charge >= 0.3 is 21.7 Å². The van der Waals surface area contributed by atoms with E-state index < -0.39 is 0 Å². The quantitative estimate of drug-likeness (QED) is 0.398. The molecule has 0 aliphatic heterocycles. The predicted octanol–water partition coefficient (Wildman–Crippen LogP) is 6.25. The molecule has 0 saturated heterocycles. The first-order chi connectivity index (χ1) is 8.71. The van der Waals surface area contributed by atoms with Crippen LogP contribution < -0.4 is 0 Å². The van der Waals surface area contributed by atoms with Crippen molar-refractivity contribution in [3.8, 4) is 0 Å². The van der Waals surface area contributed by atoms with Gasteiger partial charge in [-0.15, -0.1) is 29.7 Å². The topological polar surface area (TPSA) is 0 Å². The summed E-state index contributed by atoms with van der Waals surface area (Å²) >= 11 is 0. The van der Waals surface area contributed by atoms with Crippen LogP contribution >= 0.6 is 0 Å². The van der Waals surface area contributed by atoms with Crippen LogP contribution in [0, 0.1) is 20.8 Å². The maximum Gasteiger partial charge on any atom is 4.00 e. The summed E-state index contributed by atoms with van der Waals surface area (Å²) in [6.07, 6.45) is 3.00. The van der Waals surface area contributed by atoms with Crippen molar-refractivity contribution in [2.75, 3.05) is 0 Å². The average Bonchev–Trinajstić information content (AvgIpc) is 2.80. The molecular weight excluding hydrogens is 264 g/mol. The van der Waals surface area contributed by atoms with Crippen LogP contribution in [-0.4, -0.2) is 0 Å². The number of benzene rings is 1. The van der Waals surface area contributed by atoms with Gasteiger partial charge in [0.1, 0.15) is 0 Å². The van der Waals surface area contributed by atoms with E-state index in [0.717, 1.165) is 19.3 Å². The molecule has 0 amide bonds. The molecule has 2 aromatic rings. The summed E-state index contributed by atoms with van der Waals surface area (Å²) in [5, 5.41) is 2.66. The molecule has 1 heteroatoms. The van der Waals surface area contributed by atoms with E-state index in [0.29, 0.717) is 0 Å². The summed E-state index contributed by atoms with van der Waals surface area (Å²) in [6, 6.07) is 14.7. The van der Waals surface area contributed by atoms with Crippen molar-refractivity contribution >= 4 is 10.8 Å². The molecule has 2 aromatic carbocycles. The first-order valence-corrected chi connectivity index (χ1v) is 6.69. The predicted molar refractivity (Wildman–Crippen MR) is 86.5 cm³/mol. The minimum Gasteiger partial charge on any atom is -0.344 e. The van der Waals surface area contributed by atoms with Gasteiger partial charge in [-0.05, 0) is 0 Å². The summed E-state index contributed by atoms with van der Waals surface area (Å²) < 4.78 is 0. The maximum atomic E-state index is 3.49. The first kappa shape index (κ1) is 23.6. The van der Waals surface area contributed by atoms with E-state index in [4.69, 9.17) is 0 Å². The Morgan fingerprint density at radius 3 is 1.68 bits per heavy atom. The molecule has 2 rings (SSSR count). The second-order valence-corrected chi connectivity index (χ2v) is 3.65. The van der Waals surface area contributed by atoms with Crippen molar-refractivity contribution in [2.45, 2.75) is 40.0 Å². The van der Waals surface area contributed by atoms with Crippen molar-refractivity contribution in [2.24, 2.45) is 0 Å². The normalized spacial score (nSPS) is 7.68. The Kier molecular flexibility index (Phi) is 24.7. The van der Waals surface area contributed by atoms with E-state index in [1.165, 1.54) is 10.8 Å². The van der Waals surface area contributed by atoms with Gasteiger partial charge in [-0.2, -0.15) is 36.8 Å². The molecule has 0 N–H and O–H groups in total. The smallest absolute Gasteiger partial charge is 0.344 e. The molecule has 0 atom stereocenters. The van der Waals surface area contributed by atoms with Crippen LogP contribution in [0.15, 0.2) is 42.5 Å². The molecule has 0 aliphatic rings. The van der Waals surface area contributed by atoms with Crippen LogP contribution in [0.1, 0.15) is 40.0 Å². The minimum absolute atomic E-state index is 0. The standard InChI is InChI=1S/C9H7.3C3H7.Ti/c1-2-5-9-7-3-6-8(9)4-1;3*1-3-2;/h1-7H;3*1,3H2,2H3;/q4*-1;+4. The molecule has 0 aromatic heterocycles. The third-order valence-electron chi connectivity index (χ3n) is 1.55. The van der Waals surface area contributed by atoms with Crippen molar-refractivity contribution in [1.82, 2.24) is 0 Å². The largest absolute Gasteiger partial charge is 4.00 e. The molecule has 0 nitrogen and oxygen atoms in total. The Labute approximate surface area is 135 Å². The van der Waals surface area contributed by atoms with Crippen LogP contribution in [0.4, 0.5) is 0 Å². The Balaban J connectivity index is -0.000000220. The molecule has 0 unspecified atom stereocenters. The van der Waals surface area contributed by atoms with Crippen molar-refractivity contribution in [3.05, 3.63) is 63.2 Å². The molecule has 0 saturated carbocycles. The van der Waals surface area contributed by atoms with Gasteiger partial charge in [0.15, 0.2) is 0 Å². The Morgan fingerprint density at radius 1 is 0.842 bits per heavy atom. The maximum absolute atomic E-state index is 3.49. The summed E-state index contributed by atoms with van der Waals surface area (Å²) in [6.45, 7) is 16.5. The summed E-state index contributed by atoms with van der Waals surface area (Å²) in [5.74, 6) is 0. The van der Waals surface area contributed by atoms with Gasteiger partial charge in [0.05, 0.1) is 0 Å².